The summed E-state index contributed by atoms with van der Waals surface area (Å²) < 4.78 is 18.5. The number of hydrogen-bond donors (Lipinski definition) is 1. The number of benzene rings is 1. The fourth-order valence-electron chi connectivity index (χ4n) is 1.70. The topological polar surface area (TPSA) is 76.1 Å². The quantitative estimate of drug-likeness (QED) is 0.871. The molecule has 1 aromatic rings. The molecule has 5 heteroatoms. The molecule has 2 N–H and O–H groups in total. The van der Waals surface area contributed by atoms with Crippen LogP contribution >= 0.6 is 0 Å². The first-order valence-corrected chi connectivity index (χ1v) is 5.53. The van der Waals surface area contributed by atoms with E-state index in [1.54, 1.807) is 18.2 Å². The highest BCUT2D eigenvalue weighted by atomic mass is 19.1. The van der Waals surface area contributed by atoms with Gasteiger partial charge in [0.2, 0.25) is 0 Å². The minimum absolute atomic E-state index is 0.167. The van der Waals surface area contributed by atoms with E-state index in [9.17, 15) is 9.18 Å². The van der Waals surface area contributed by atoms with Gasteiger partial charge in [0, 0.05) is 12.8 Å². The van der Waals surface area contributed by atoms with Gasteiger partial charge in [0.05, 0.1) is 0 Å². The molecule has 2 atom stereocenters. The highest BCUT2D eigenvalue weighted by molar-refractivity contribution is 5.65. The van der Waals surface area contributed by atoms with Crippen LogP contribution in [0, 0.1) is 11.3 Å². The second-order valence-electron chi connectivity index (χ2n) is 4.25. The molecule has 1 rings (SSSR count). The molecule has 96 valence electrons. The second kappa shape index (κ2) is 6.01. The van der Waals surface area contributed by atoms with Gasteiger partial charge in [0.15, 0.2) is 5.60 Å². The van der Waals surface area contributed by atoms with Crippen molar-refractivity contribution in [2.75, 3.05) is 0 Å². The molecule has 0 radical (unpaired) electrons. The smallest absolute Gasteiger partial charge is 0.406 e. The molecule has 0 aliphatic rings. The molecule has 0 aliphatic carbocycles. The van der Waals surface area contributed by atoms with Gasteiger partial charge >= 0.3 is 6.09 Å². The Morgan fingerprint density at radius 2 is 2.17 bits per heavy atom. The first-order valence-electron chi connectivity index (χ1n) is 5.53. The number of halogens is 1. The van der Waals surface area contributed by atoms with Crippen molar-refractivity contribution in [2.45, 2.75) is 31.5 Å². The number of nitriles is 1. The van der Waals surface area contributed by atoms with Gasteiger partial charge in [-0.2, -0.15) is 5.26 Å². The molecular formula is C13H15FN2O2. The maximum Gasteiger partial charge on any atom is 0.406 e. The van der Waals surface area contributed by atoms with Crippen molar-refractivity contribution in [1.82, 2.24) is 0 Å². The van der Waals surface area contributed by atoms with Crippen LogP contribution in [0.1, 0.15) is 18.9 Å². The summed E-state index contributed by atoms with van der Waals surface area (Å²) in [5, 5.41) is 8.90. The number of primary amides is 1. The van der Waals surface area contributed by atoms with Crippen LogP contribution in [0.4, 0.5) is 9.18 Å². The number of amides is 1. The molecule has 0 fully saturated rings. The number of alkyl halides is 1. The van der Waals surface area contributed by atoms with Gasteiger partial charge in [-0.1, -0.05) is 30.3 Å². The predicted molar refractivity (Wildman–Crippen MR) is 64.3 cm³/mol. The minimum atomic E-state index is -1.53. The molecule has 18 heavy (non-hydrogen) atoms. The van der Waals surface area contributed by atoms with E-state index < -0.39 is 17.9 Å². The van der Waals surface area contributed by atoms with E-state index in [0.717, 1.165) is 5.56 Å². The van der Waals surface area contributed by atoms with Crippen molar-refractivity contribution >= 4 is 6.09 Å². The molecule has 0 aromatic heterocycles. The first kappa shape index (κ1) is 14.0. The summed E-state index contributed by atoms with van der Waals surface area (Å²) in [5.41, 5.74) is 4.14. The minimum Gasteiger partial charge on any atom is -0.428 e. The van der Waals surface area contributed by atoms with Gasteiger partial charge in [-0.3, -0.25) is 0 Å². The monoisotopic (exact) mass is 250 g/mol. The summed E-state index contributed by atoms with van der Waals surface area (Å²) >= 11 is 0. The van der Waals surface area contributed by atoms with Crippen molar-refractivity contribution in [3.8, 4) is 6.07 Å². The molecule has 0 spiro atoms. The van der Waals surface area contributed by atoms with Crippen LogP contribution in [0.5, 0.6) is 0 Å². The van der Waals surface area contributed by atoms with Crippen molar-refractivity contribution in [3.63, 3.8) is 0 Å². The Bertz CT molecular complexity index is 444. The molecule has 4 nitrogen and oxygen atoms in total. The van der Waals surface area contributed by atoms with Gasteiger partial charge in [-0.25, -0.2) is 9.18 Å². The predicted octanol–water partition coefficient (Wildman–Crippen LogP) is 2.33. The number of carbonyl (C=O) groups is 1. The number of carbonyl (C=O) groups excluding carboxylic acids is 1. The van der Waals surface area contributed by atoms with Gasteiger partial charge in [0.25, 0.3) is 0 Å². The van der Waals surface area contributed by atoms with E-state index in [1.807, 2.05) is 18.2 Å². The largest absolute Gasteiger partial charge is 0.428 e. The van der Waals surface area contributed by atoms with E-state index >= 15 is 0 Å². The fraction of sp³-hybridized carbons (Fsp3) is 0.385. The third kappa shape index (κ3) is 4.42. The summed E-state index contributed by atoms with van der Waals surface area (Å²) in [7, 11) is 0. The Kier molecular flexibility index (Phi) is 4.67. The lowest BCUT2D eigenvalue weighted by molar-refractivity contribution is 0.0476. The Balaban J connectivity index is 2.60. The van der Waals surface area contributed by atoms with E-state index in [4.69, 9.17) is 11.0 Å². The van der Waals surface area contributed by atoms with Gasteiger partial charge < -0.3 is 10.5 Å². The molecule has 0 bridgehead atoms. The van der Waals surface area contributed by atoms with Crippen LogP contribution in [0.2, 0.25) is 0 Å². The highest BCUT2D eigenvalue weighted by Crippen LogP contribution is 2.21. The Labute approximate surface area is 105 Å². The van der Waals surface area contributed by atoms with Crippen molar-refractivity contribution < 1.29 is 13.9 Å². The zero-order valence-corrected chi connectivity index (χ0v) is 10.1. The Morgan fingerprint density at radius 3 is 2.67 bits per heavy atom. The van der Waals surface area contributed by atoms with Crippen LogP contribution in [0.25, 0.3) is 0 Å². The zero-order valence-electron chi connectivity index (χ0n) is 10.1. The van der Waals surface area contributed by atoms with E-state index in [2.05, 4.69) is 4.74 Å². The summed E-state index contributed by atoms with van der Waals surface area (Å²) in [4.78, 5) is 10.6. The Hall–Kier alpha value is -2.09. The van der Waals surface area contributed by atoms with E-state index in [0.29, 0.717) is 0 Å². The standard InChI is InChI=1S/C13H15FN2O2/c1-13(9-15,18-12(16)17)8-11(14)7-10-5-3-2-4-6-10/h2-6,11H,7-8H2,1H3,(H2,16,17). The summed E-state index contributed by atoms with van der Waals surface area (Å²) in [6, 6.07) is 10.8. The summed E-state index contributed by atoms with van der Waals surface area (Å²) in [5.74, 6) is 0. The van der Waals surface area contributed by atoms with Gasteiger partial charge in [-0.15, -0.1) is 0 Å². The van der Waals surface area contributed by atoms with Crippen LogP contribution in [-0.2, 0) is 11.2 Å². The number of rotatable bonds is 5. The average molecular weight is 250 g/mol. The molecule has 1 aromatic carbocycles. The normalized spacial score (nSPS) is 15.2. The van der Waals surface area contributed by atoms with Crippen LogP contribution in [0.15, 0.2) is 30.3 Å². The molecule has 0 saturated carbocycles. The van der Waals surface area contributed by atoms with Gasteiger partial charge in [-0.05, 0) is 12.5 Å². The summed E-state index contributed by atoms with van der Waals surface area (Å²) in [6.07, 6.45) is -2.40. The summed E-state index contributed by atoms with van der Waals surface area (Å²) in [6.45, 7) is 1.34. The molecule has 0 heterocycles. The van der Waals surface area contributed by atoms with Gasteiger partial charge in [0.1, 0.15) is 12.2 Å². The highest BCUT2D eigenvalue weighted by Gasteiger charge is 2.31. The fourth-order valence-corrected chi connectivity index (χ4v) is 1.70. The van der Waals surface area contributed by atoms with Crippen LogP contribution in [-0.4, -0.2) is 17.9 Å². The number of ether oxygens (including phenoxy) is 1. The molecule has 2 unspecified atom stereocenters. The SMILES string of the molecule is CC(C#N)(CC(F)Cc1ccccc1)OC(N)=O. The molecule has 0 aliphatic heterocycles. The zero-order chi connectivity index (χ0) is 13.6. The van der Waals surface area contributed by atoms with E-state index in [1.165, 1.54) is 6.92 Å². The lowest BCUT2D eigenvalue weighted by Gasteiger charge is -2.22. The van der Waals surface area contributed by atoms with Crippen molar-refractivity contribution in [2.24, 2.45) is 5.73 Å². The third-order valence-electron chi connectivity index (χ3n) is 2.47. The molecule has 1 amide bonds. The number of nitrogens with two attached hydrogens (primary N) is 1. The second-order valence-corrected chi connectivity index (χ2v) is 4.25. The lowest BCUT2D eigenvalue weighted by Crippen LogP contribution is -2.35. The maximum atomic E-state index is 13.8. The molecule has 0 saturated heterocycles. The van der Waals surface area contributed by atoms with Crippen LogP contribution in [0.3, 0.4) is 0 Å². The number of hydrogen-bond acceptors (Lipinski definition) is 3. The lowest BCUT2D eigenvalue weighted by atomic mass is 9.96. The first-order chi connectivity index (χ1) is 8.45. The third-order valence-corrected chi connectivity index (χ3v) is 2.47. The maximum absolute atomic E-state index is 13.8. The number of nitrogens with zero attached hydrogens (tertiary/aromatic N) is 1. The van der Waals surface area contributed by atoms with Crippen molar-refractivity contribution in [1.29, 1.82) is 5.26 Å². The van der Waals surface area contributed by atoms with E-state index in [-0.39, 0.29) is 12.8 Å². The average Bonchev–Trinajstić information content (AvgIpc) is 2.28. The van der Waals surface area contributed by atoms with Crippen molar-refractivity contribution in [3.05, 3.63) is 35.9 Å². The van der Waals surface area contributed by atoms with Crippen LogP contribution < -0.4 is 5.73 Å². The Morgan fingerprint density at radius 1 is 1.56 bits per heavy atom. The molecular weight excluding hydrogens is 235 g/mol.